The summed E-state index contributed by atoms with van der Waals surface area (Å²) in [5, 5.41) is 51.4. The average molecular weight is 807 g/mol. The number of anilines is 1. The Hall–Kier alpha value is -4.10. The normalized spacial score (nSPS) is 29.6. The van der Waals surface area contributed by atoms with Crippen molar-refractivity contribution in [2.75, 3.05) is 19.0 Å². The van der Waals surface area contributed by atoms with Gasteiger partial charge in [-0.2, -0.15) is 0 Å². The number of phenolic OH excluding ortho intramolecular Hbond substituents is 1. The van der Waals surface area contributed by atoms with Crippen LogP contribution in [0.15, 0.2) is 41.4 Å². The first-order valence-corrected chi connectivity index (χ1v) is 22.1. The maximum atomic E-state index is 15.0. The summed E-state index contributed by atoms with van der Waals surface area (Å²) in [6.07, 6.45) is 10.0. The van der Waals surface area contributed by atoms with Gasteiger partial charge in [0.15, 0.2) is 11.7 Å². The first kappa shape index (κ1) is 39.7. The number of rotatable bonds is 7. The Kier molecular flexibility index (Phi) is 11.1. The number of hydrogen-bond donors (Lipinski definition) is 7. The fraction of sp³-hybridized carbons (Fsp3) is 0.522. The third-order valence-corrected chi connectivity index (χ3v) is 16.2. The van der Waals surface area contributed by atoms with Crippen molar-refractivity contribution in [3.63, 3.8) is 0 Å². The van der Waals surface area contributed by atoms with E-state index >= 15 is 4.79 Å². The van der Waals surface area contributed by atoms with Crippen LogP contribution in [0.4, 0.5) is 5.69 Å². The number of carbonyl (C=O) groups excluding carboxylic acids is 1. The molecular weight excluding hydrogens is 753 g/mol. The van der Waals surface area contributed by atoms with Crippen LogP contribution in [0.5, 0.6) is 5.75 Å². The largest absolute Gasteiger partial charge is 0.507 e. The number of aliphatic hydroxyl groups excluding tert-OH is 3. The second-order valence-corrected chi connectivity index (χ2v) is 19.3. The zero-order valence-corrected chi connectivity index (χ0v) is 34.6. The second kappa shape index (κ2) is 15.9. The van der Waals surface area contributed by atoms with Crippen molar-refractivity contribution in [1.29, 1.82) is 0 Å². The van der Waals surface area contributed by atoms with E-state index in [1.807, 2.05) is 37.3 Å². The molecule has 9 atom stereocenters. The van der Waals surface area contributed by atoms with Gasteiger partial charge in [0.1, 0.15) is 5.75 Å². The van der Waals surface area contributed by atoms with Crippen molar-refractivity contribution in [2.24, 2.45) is 45.2 Å². The summed E-state index contributed by atoms with van der Waals surface area (Å²) in [4.78, 5) is 23.2. The number of aromatic hydroxyl groups is 1. The molecule has 8 N–H and O–H groups in total. The molecule has 2 spiro atoms. The number of guanidine groups is 1. The molecule has 3 fully saturated rings. The van der Waals surface area contributed by atoms with Gasteiger partial charge < -0.3 is 36.8 Å². The lowest BCUT2D eigenvalue weighted by Gasteiger charge is -2.47. The smallest absolute Gasteiger partial charge is 0.188 e. The summed E-state index contributed by atoms with van der Waals surface area (Å²) in [5.41, 5.74) is 8.61. The summed E-state index contributed by atoms with van der Waals surface area (Å²) in [7, 11) is 1.66. The average Bonchev–Trinajstić information content (AvgIpc) is 4.04. The molecule has 300 valence electrons. The van der Waals surface area contributed by atoms with Gasteiger partial charge in [-0.1, -0.05) is 42.8 Å². The molecule has 0 radical (unpaired) electrons. The molecule has 0 saturated heterocycles. The van der Waals surface area contributed by atoms with Crippen LogP contribution in [0.1, 0.15) is 103 Å². The number of aliphatic hydroxyl groups is 3. The van der Waals surface area contributed by atoms with Gasteiger partial charge in [-0.3, -0.25) is 9.79 Å². The molecule has 8 rings (SSSR count). The van der Waals surface area contributed by atoms with Crippen LogP contribution in [-0.2, 0) is 6.42 Å². The zero-order chi connectivity index (χ0) is 40.1. The number of nitrogens with two attached hydrogens (primary N) is 1. The minimum Gasteiger partial charge on any atom is -0.507 e. The first-order chi connectivity index (χ1) is 27.5. The van der Waals surface area contributed by atoms with Crippen molar-refractivity contribution in [3.8, 4) is 39.2 Å². The number of nitrogens with one attached hydrogen (secondary N) is 2. The van der Waals surface area contributed by atoms with E-state index in [1.165, 1.54) is 0 Å². The fourth-order valence-corrected chi connectivity index (χ4v) is 13.2. The number of hydrogen-bond acceptors (Lipinski definition) is 9. The van der Waals surface area contributed by atoms with Crippen LogP contribution >= 0.6 is 22.7 Å². The van der Waals surface area contributed by atoms with Gasteiger partial charge in [0, 0.05) is 39.7 Å². The summed E-state index contributed by atoms with van der Waals surface area (Å²) < 4.78 is 0. The molecule has 9 nitrogen and oxygen atoms in total. The Balaban J connectivity index is 1.26. The molecule has 0 amide bonds. The van der Waals surface area contributed by atoms with E-state index in [0.29, 0.717) is 36.5 Å². The third kappa shape index (κ3) is 7.32. The van der Waals surface area contributed by atoms with E-state index in [2.05, 4.69) is 51.4 Å². The quantitative estimate of drug-likeness (QED) is 0.0596. The van der Waals surface area contributed by atoms with Crippen LogP contribution in [0.2, 0.25) is 0 Å². The summed E-state index contributed by atoms with van der Waals surface area (Å²) in [5.74, 6) is 13.8. The van der Waals surface area contributed by atoms with Gasteiger partial charge in [-0.05, 0) is 124 Å². The molecule has 0 unspecified atom stereocenters. The highest BCUT2D eigenvalue weighted by Gasteiger charge is 2.60. The molecule has 3 heterocycles. The Labute approximate surface area is 343 Å². The Morgan fingerprint density at radius 1 is 1.12 bits per heavy atom. The summed E-state index contributed by atoms with van der Waals surface area (Å²) >= 11 is 3.19. The summed E-state index contributed by atoms with van der Waals surface area (Å²) in [6, 6.07) is 9.44. The number of benzene rings is 1. The number of carbonyl (C=O) groups is 1. The molecule has 1 aromatic carbocycles. The molecule has 57 heavy (non-hydrogen) atoms. The van der Waals surface area contributed by atoms with Crippen molar-refractivity contribution < 1.29 is 25.2 Å². The van der Waals surface area contributed by atoms with Gasteiger partial charge >= 0.3 is 0 Å². The van der Waals surface area contributed by atoms with Crippen LogP contribution in [0, 0.1) is 58.2 Å². The number of aliphatic imine (C=N–C) groups is 1. The second-order valence-electron chi connectivity index (χ2n) is 17.1. The van der Waals surface area contributed by atoms with Gasteiger partial charge in [0.2, 0.25) is 0 Å². The van der Waals surface area contributed by atoms with Crippen LogP contribution in [0.3, 0.4) is 0 Å². The highest BCUT2D eigenvalue weighted by atomic mass is 32.1. The van der Waals surface area contributed by atoms with Gasteiger partial charge in [-0.25, -0.2) is 0 Å². The number of ketones is 1. The standard InChI is InChI=1S/C46H54N4O5S2/c1-4-7-29-9-13-39(56-29)40-14-15-41(57-40)43(55)33-11-8-27-22-46(33)23-32(38(54)25-51)34(24-46)45(17-5-6-18-45)19-16-30-28(20-36(27)50-44(47)48-3)21-37(53)31-10-12-35(26(2)52)49-42(30)31/h9-10,12-15,21,26-27,32-36,38,49,51-54H,5-6,8,11,17-18,20,22-25H2,1-3H3,(H3,47,48,50)/t26-,27-,32-,33-,34-,35+,36+,38+,46-/m0/s1. The summed E-state index contributed by atoms with van der Waals surface area (Å²) in [6.45, 7) is 3.23. The van der Waals surface area contributed by atoms with Crippen LogP contribution in [-0.4, -0.2) is 70.1 Å². The topological polar surface area (TPSA) is 160 Å². The van der Waals surface area contributed by atoms with Crippen molar-refractivity contribution >= 4 is 46.2 Å². The predicted octanol–water partition coefficient (Wildman–Crippen LogP) is 6.78. The molecule has 3 saturated carbocycles. The van der Waals surface area contributed by atoms with E-state index in [0.717, 1.165) is 75.6 Å². The predicted molar refractivity (Wildman–Crippen MR) is 229 cm³/mol. The van der Waals surface area contributed by atoms with Crippen LogP contribution in [0.25, 0.3) is 15.8 Å². The minimum atomic E-state index is -0.935. The monoisotopic (exact) mass is 806 g/mol. The van der Waals surface area contributed by atoms with Gasteiger partial charge in [-0.15, -0.1) is 28.6 Å². The lowest BCUT2D eigenvalue weighted by Crippen LogP contribution is -2.50. The Bertz CT molecular complexity index is 2210. The number of phenols is 1. The lowest BCUT2D eigenvalue weighted by molar-refractivity contribution is 0.00632. The number of Topliss-reactive ketones (excluding diaryl/α,β-unsaturated/α-hetero) is 1. The molecule has 11 heteroatoms. The molecule has 2 aromatic heterocycles. The van der Waals surface area contributed by atoms with Crippen molar-refractivity contribution in [1.82, 2.24) is 5.32 Å². The van der Waals surface area contributed by atoms with Crippen molar-refractivity contribution in [2.45, 2.75) is 102 Å². The molecule has 5 aliphatic rings. The zero-order valence-electron chi connectivity index (χ0n) is 33.0. The molecule has 3 aromatic rings. The van der Waals surface area contributed by atoms with E-state index in [-0.39, 0.29) is 53.9 Å². The number of fused-ring (bicyclic) bond motifs is 6. The first-order valence-electron chi connectivity index (χ1n) is 20.5. The Morgan fingerprint density at radius 3 is 2.63 bits per heavy atom. The molecular formula is C46H54N4O5S2. The minimum absolute atomic E-state index is 0.0330. The maximum Gasteiger partial charge on any atom is 0.188 e. The van der Waals surface area contributed by atoms with Gasteiger partial charge in [0.25, 0.3) is 0 Å². The molecule has 4 aliphatic carbocycles. The number of nitrogens with zero attached hydrogens (tertiary/aromatic N) is 1. The maximum absolute atomic E-state index is 15.0. The van der Waals surface area contributed by atoms with Crippen LogP contribution < -0.4 is 16.4 Å². The number of thiophene rings is 2. The van der Waals surface area contributed by atoms with E-state index in [4.69, 9.17) is 5.73 Å². The molecule has 3 bridgehead atoms. The molecule has 1 aliphatic heterocycles. The third-order valence-electron chi connectivity index (χ3n) is 13.9. The van der Waals surface area contributed by atoms with Gasteiger partial charge in [0.05, 0.1) is 45.9 Å². The lowest BCUT2D eigenvalue weighted by atomic mass is 9.57. The highest BCUT2D eigenvalue weighted by molar-refractivity contribution is 7.23. The van der Waals surface area contributed by atoms with E-state index < -0.39 is 23.0 Å². The fourth-order valence-electron chi connectivity index (χ4n) is 11.2. The van der Waals surface area contributed by atoms with E-state index in [9.17, 15) is 20.4 Å². The highest BCUT2D eigenvalue weighted by Crippen LogP contribution is 2.65. The Morgan fingerprint density at radius 2 is 1.89 bits per heavy atom. The van der Waals surface area contributed by atoms with E-state index in [1.54, 1.807) is 36.6 Å². The SMILES string of the molecule is CC#Cc1ccc(-c2ccc(C(=O)[C@@H]3CC[C@H]4C[C@@]35C[C@H]([C@H](O)CO)[C@H](C5)C3(C#Cc5c(cc(O)c6c5N[C@@H]([C@H](C)O)C=C6)C[C@H]4NC(N)=NC)CCCC3)s2)s1. The van der Waals surface area contributed by atoms with Crippen molar-refractivity contribution in [3.05, 3.63) is 62.9 Å².